The van der Waals surface area contributed by atoms with Crippen LogP contribution in [0, 0.1) is 0 Å². The molecule has 0 aliphatic heterocycles. The van der Waals surface area contributed by atoms with Crippen molar-refractivity contribution < 1.29 is 10.1 Å². The number of carbonyl (C=O) groups excluding carboxylic acids is 1. The van der Waals surface area contributed by atoms with Crippen molar-refractivity contribution in [3.63, 3.8) is 0 Å². The Kier molecular flexibility index (Phi) is 5.81. The molecule has 0 bridgehead atoms. The molecule has 0 fully saturated rings. The summed E-state index contributed by atoms with van der Waals surface area (Å²) < 4.78 is 1.16. The largest absolute Gasteiger partial charge is 0.334 e. The van der Waals surface area contributed by atoms with E-state index in [-0.39, 0.29) is 11.9 Å². The SMILES string of the molecule is CN(Cc1nc2ccccc2s1)C(=O)C[NH2+][C@@H](c1ccccc1)c1cccs1. The molecule has 2 heterocycles. The molecule has 28 heavy (non-hydrogen) atoms. The van der Waals surface area contributed by atoms with E-state index < -0.39 is 0 Å². The molecule has 4 rings (SSSR count). The molecular formula is C22H22N3OS2+. The van der Waals surface area contributed by atoms with Gasteiger partial charge in [-0.2, -0.15) is 0 Å². The topological polar surface area (TPSA) is 49.8 Å². The number of aromatic nitrogens is 1. The average molecular weight is 409 g/mol. The van der Waals surface area contributed by atoms with Crippen LogP contribution in [0.4, 0.5) is 0 Å². The summed E-state index contributed by atoms with van der Waals surface area (Å²) >= 11 is 3.38. The third kappa shape index (κ3) is 4.30. The number of para-hydroxylation sites is 1. The molecule has 0 spiro atoms. The van der Waals surface area contributed by atoms with Crippen molar-refractivity contribution in [2.24, 2.45) is 0 Å². The van der Waals surface area contributed by atoms with Crippen LogP contribution in [0.1, 0.15) is 21.5 Å². The van der Waals surface area contributed by atoms with Gasteiger partial charge in [-0.3, -0.25) is 4.79 Å². The molecule has 142 valence electrons. The van der Waals surface area contributed by atoms with Crippen molar-refractivity contribution in [1.82, 2.24) is 9.88 Å². The number of thiazole rings is 1. The quantitative estimate of drug-likeness (QED) is 0.507. The maximum Gasteiger partial charge on any atom is 0.277 e. The summed E-state index contributed by atoms with van der Waals surface area (Å²) in [7, 11) is 1.85. The molecule has 0 radical (unpaired) electrons. The van der Waals surface area contributed by atoms with Crippen LogP contribution < -0.4 is 5.32 Å². The molecule has 0 aliphatic rings. The molecule has 4 aromatic rings. The maximum absolute atomic E-state index is 12.7. The van der Waals surface area contributed by atoms with Crippen LogP contribution in [0.5, 0.6) is 0 Å². The van der Waals surface area contributed by atoms with Crippen molar-refractivity contribution in [2.75, 3.05) is 13.6 Å². The summed E-state index contributed by atoms with van der Waals surface area (Å²) in [6.07, 6.45) is 0. The van der Waals surface area contributed by atoms with E-state index in [1.54, 1.807) is 27.6 Å². The lowest BCUT2D eigenvalue weighted by Crippen LogP contribution is -2.87. The zero-order chi connectivity index (χ0) is 19.3. The van der Waals surface area contributed by atoms with Crippen molar-refractivity contribution in [3.8, 4) is 0 Å². The minimum Gasteiger partial charge on any atom is -0.334 e. The third-order valence-electron chi connectivity index (χ3n) is 4.67. The van der Waals surface area contributed by atoms with E-state index in [1.807, 2.05) is 43.4 Å². The van der Waals surface area contributed by atoms with Gasteiger partial charge in [-0.05, 0) is 23.6 Å². The Labute approximate surface area is 172 Å². The molecule has 6 heteroatoms. The van der Waals surface area contributed by atoms with Crippen molar-refractivity contribution in [1.29, 1.82) is 0 Å². The van der Waals surface area contributed by atoms with Crippen LogP contribution in [0.2, 0.25) is 0 Å². The standard InChI is InChI=1S/C22H21N3OS2/c1-25(15-20-24-17-10-5-6-11-18(17)28-20)21(26)14-23-22(19-12-7-13-27-19)16-8-3-2-4-9-16/h2-13,22-23H,14-15H2,1H3/p+1/t22-/m0/s1. The highest BCUT2D eigenvalue weighted by Gasteiger charge is 2.21. The van der Waals surface area contributed by atoms with Gasteiger partial charge in [0.2, 0.25) is 0 Å². The number of nitrogens with zero attached hydrogens (tertiary/aromatic N) is 2. The van der Waals surface area contributed by atoms with E-state index in [9.17, 15) is 4.79 Å². The molecule has 1 amide bonds. The van der Waals surface area contributed by atoms with E-state index in [0.29, 0.717) is 13.1 Å². The lowest BCUT2D eigenvalue weighted by molar-refractivity contribution is -0.676. The van der Waals surface area contributed by atoms with Gasteiger partial charge in [-0.25, -0.2) is 4.98 Å². The monoisotopic (exact) mass is 408 g/mol. The first-order valence-corrected chi connectivity index (χ1v) is 10.9. The molecule has 2 aromatic carbocycles. The van der Waals surface area contributed by atoms with Crippen molar-refractivity contribution in [3.05, 3.63) is 87.6 Å². The predicted octanol–water partition coefficient (Wildman–Crippen LogP) is 3.67. The fourth-order valence-corrected chi connectivity index (χ4v) is 5.07. The van der Waals surface area contributed by atoms with Crippen molar-refractivity contribution in [2.45, 2.75) is 12.6 Å². The Balaban J connectivity index is 1.41. The first kappa shape index (κ1) is 18.8. The highest BCUT2D eigenvalue weighted by Crippen LogP contribution is 2.23. The Bertz CT molecular complexity index is 1010. The molecular weight excluding hydrogens is 386 g/mol. The highest BCUT2D eigenvalue weighted by molar-refractivity contribution is 7.18. The second-order valence-electron chi connectivity index (χ2n) is 6.67. The van der Waals surface area contributed by atoms with Gasteiger partial charge in [-0.15, -0.1) is 22.7 Å². The number of carbonyl (C=O) groups is 1. The summed E-state index contributed by atoms with van der Waals surface area (Å²) in [5.74, 6) is 0.108. The molecule has 0 saturated carbocycles. The van der Waals surface area contributed by atoms with E-state index in [4.69, 9.17) is 0 Å². The van der Waals surface area contributed by atoms with Gasteiger partial charge in [0, 0.05) is 12.6 Å². The number of benzene rings is 2. The molecule has 2 N–H and O–H groups in total. The number of likely N-dealkylation sites (N-methyl/N-ethyl adjacent to an activating group) is 1. The summed E-state index contributed by atoms with van der Waals surface area (Å²) in [5, 5.41) is 5.17. The van der Waals surface area contributed by atoms with Gasteiger partial charge in [-0.1, -0.05) is 48.5 Å². The Morgan fingerprint density at radius 3 is 2.61 bits per heavy atom. The average Bonchev–Trinajstić information content (AvgIpc) is 3.38. The molecule has 0 unspecified atom stereocenters. The molecule has 4 nitrogen and oxygen atoms in total. The fourth-order valence-electron chi connectivity index (χ4n) is 3.20. The van der Waals surface area contributed by atoms with Crippen LogP contribution in [-0.2, 0) is 11.3 Å². The smallest absolute Gasteiger partial charge is 0.277 e. The van der Waals surface area contributed by atoms with Gasteiger partial charge >= 0.3 is 0 Å². The number of nitrogens with two attached hydrogens (primary N) is 1. The lowest BCUT2D eigenvalue weighted by Gasteiger charge is -2.18. The lowest BCUT2D eigenvalue weighted by atomic mass is 10.1. The summed E-state index contributed by atoms with van der Waals surface area (Å²) in [6.45, 7) is 0.944. The first-order chi connectivity index (χ1) is 13.7. The number of hydrogen-bond donors (Lipinski definition) is 1. The Hall–Kier alpha value is -2.54. The van der Waals surface area contributed by atoms with Gasteiger partial charge in [0.25, 0.3) is 5.91 Å². The first-order valence-electron chi connectivity index (χ1n) is 9.21. The van der Waals surface area contributed by atoms with E-state index >= 15 is 0 Å². The maximum atomic E-state index is 12.7. The van der Waals surface area contributed by atoms with Gasteiger partial charge in [0.05, 0.1) is 21.6 Å². The van der Waals surface area contributed by atoms with Crippen LogP contribution in [0.3, 0.4) is 0 Å². The summed E-state index contributed by atoms with van der Waals surface area (Å²) in [4.78, 5) is 20.4. The van der Waals surface area contributed by atoms with Crippen LogP contribution in [-0.4, -0.2) is 29.4 Å². The molecule has 1 atom stereocenters. The van der Waals surface area contributed by atoms with Crippen molar-refractivity contribution >= 4 is 38.8 Å². The highest BCUT2D eigenvalue weighted by atomic mass is 32.1. The summed E-state index contributed by atoms with van der Waals surface area (Å²) in [6, 6.07) is 22.8. The minimum atomic E-state index is 0.108. The van der Waals surface area contributed by atoms with Gasteiger partial charge in [0.15, 0.2) is 6.54 Å². The van der Waals surface area contributed by atoms with Gasteiger partial charge in [0.1, 0.15) is 11.0 Å². The van der Waals surface area contributed by atoms with E-state index in [1.165, 1.54) is 10.4 Å². The van der Waals surface area contributed by atoms with Gasteiger partial charge < -0.3 is 10.2 Å². The second-order valence-corrected chi connectivity index (χ2v) is 8.76. The molecule has 0 aliphatic carbocycles. The normalized spacial score (nSPS) is 12.2. The zero-order valence-electron chi connectivity index (χ0n) is 15.6. The number of quaternary nitrogens is 1. The third-order valence-corrected chi connectivity index (χ3v) is 6.65. The van der Waals surface area contributed by atoms with E-state index in [0.717, 1.165) is 15.2 Å². The minimum absolute atomic E-state index is 0.108. The fraction of sp³-hybridized carbons (Fsp3) is 0.182. The Morgan fingerprint density at radius 1 is 1.07 bits per heavy atom. The van der Waals surface area contributed by atoms with Crippen LogP contribution in [0.25, 0.3) is 10.2 Å². The summed E-state index contributed by atoms with van der Waals surface area (Å²) in [5.41, 5.74) is 2.21. The second kappa shape index (κ2) is 8.65. The molecule has 2 aromatic heterocycles. The number of hydrogen-bond acceptors (Lipinski definition) is 4. The molecule has 0 saturated heterocycles. The van der Waals surface area contributed by atoms with E-state index in [2.05, 4.69) is 46.0 Å². The number of amides is 1. The number of fused-ring (bicyclic) bond motifs is 1. The Morgan fingerprint density at radius 2 is 1.86 bits per heavy atom. The number of rotatable bonds is 7. The van der Waals surface area contributed by atoms with Crippen LogP contribution in [0.15, 0.2) is 72.1 Å². The number of thiophene rings is 1. The zero-order valence-corrected chi connectivity index (χ0v) is 17.2. The van der Waals surface area contributed by atoms with Crippen LogP contribution >= 0.6 is 22.7 Å². The predicted molar refractivity (Wildman–Crippen MR) is 115 cm³/mol.